The van der Waals surface area contributed by atoms with Crippen molar-refractivity contribution in [3.63, 3.8) is 0 Å². The highest BCUT2D eigenvalue weighted by atomic mass is 16.3. The SMILES string of the molecule is CCCC(O)C(C#N)c1ccc(N(C)C)cc1. The Morgan fingerprint density at radius 2 is 1.88 bits per heavy atom. The van der Waals surface area contributed by atoms with Crippen molar-refractivity contribution in [2.75, 3.05) is 19.0 Å². The average Bonchev–Trinajstić information content (AvgIpc) is 2.31. The Morgan fingerprint density at radius 3 is 2.29 bits per heavy atom. The third kappa shape index (κ3) is 3.47. The Kier molecular flexibility index (Phi) is 4.99. The highest BCUT2D eigenvalue weighted by molar-refractivity contribution is 5.47. The van der Waals surface area contributed by atoms with E-state index in [2.05, 4.69) is 6.07 Å². The van der Waals surface area contributed by atoms with E-state index < -0.39 is 12.0 Å². The third-order valence-electron chi connectivity index (χ3n) is 2.88. The Morgan fingerprint density at radius 1 is 1.29 bits per heavy atom. The van der Waals surface area contributed by atoms with E-state index in [0.29, 0.717) is 6.42 Å². The van der Waals surface area contributed by atoms with Crippen LogP contribution >= 0.6 is 0 Å². The summed E-state index contributed by atoms with van der Waals surface area (Å²) in [5, 5.41) is 19.0. The molecule has 0 fully saturated rings. The van der Waals surface area contributed by atoms with Crippen LogP contribution in [0.15, 0.2) is 24.3 Å². The summed E-state index contributed by atoms with van der Waals surface area (Å²) < 4.78 is 0. The predicted molar refractivity (Wildman–Crippen MR) is 70.0 cm³/mol. The van der Waals surface area contributed by atoms with Gasteiger partial charge in [-0.05, 0) is 24.1 Å². The van der Waals surface area contributed by atoms with E-state index in [1.165, 1.54) is 0 Å². The molecule has 92 valence electrons. The summed E-state index contributed by atoms with van der Waals surface area (Å²) in [5.41, 5.74) is 1.98. The van der Waals surface area contributed by atoms with Crippen molar-refractivity contribution in [3.05, 3.63) is 29.8 Å². The molecular formula is C14H20N2O. The summed E-state index contributed by atoms with van der Waals surface area (Å²) in [6.45, 7) is 2.01. The number of rotatable bonds is 5. The van der Waals surface area contributed by atoms with Gasteiger partial charge in [-0.3, -0.25) is 0 Å². The second kappa shape index (κ2) is 6.27. The zero-order valence-electron chi connectivity index (χ0n) is 10.7. The molecule has 0 amide bonds. The van der Waals surface area contributed by atoms with Gasteiger partial charge in [0.1, 0.15) is 0 Å². The lowest BCUT2D eigenvalue weighted by atomic mass is 9.92. The minimum Gasteiger partial charge on any atom is -0.391 e. The number of aliphatic hydroxyl groups is 1. The van der Waals surface area contributed by atoms with Crippen LogP contribution in [0.2, 0.25) is 0 Å². The second-order valence-electron chi connectivity index (χ2n) is 4.45. The van der Waals surface area contributed by atoms with Crippen LogP contribution in [-0.4, -0.2) is 25.3 Å². The topological polar surface area (TPSA) is 47.3 Å². The van der Waals surface area contributed by atoms with Crippen molar-refractivity contribution in [3.8, 4) is 6.07 Å². The molecule has 0 spiro atoms. The zero-order valence-corrected chi connectivity index (χ0v) is 10.7. The Labute approximate surface area is 103 Å². The number of nitrogens with zero attached hydrogens (tertiary/aromatic N) is 2. The molecule has 1 N–H and O–H groups in total. The number of anilines is 1. The molecule has 0 aliphatic rings. The van der Waals surface area contributed by atoms with Crippen LogP contribution in [0.4, 0.5) is 5.69 Å². The molecule has 17 heavy (non-hydrogen) atoms. The lowest BCUT2D eigenvalue weighted by Crippen LogP contribution is -2.17. The monoisotopic (exact) mass is 232 g/mol. The van der Waals surface area contributed by atoms with E-state index in [-0.39, 0.29) is 0 Å². The van der Waals surface area contributed by atoms with E-state index in [0.717, 1.165) is 17.7 Å². The fraction of sp³-hybridized carbons (Fsp3) is 0.500. The smallest absolute Gasteiger partial charge is 0.0971 e. The number of benzene rings is 1. The summed E-state index contributed by atoms with van der Waals surface area (Å²) in [5.74, 6) is -0.425. The highest BCUT2D eigenvalue weighted by Crippen LogP contribution is 2.24. The summed E-state index contributed by atoms with van der Waals surface area (Å²) in [4.78, 5) is 2.01. The van der Waals surface area contributed by atoms with E-state index >= 15 is 0 Å². The van der Waals surface area contributed by atoms with E-state index in [4.69, 9.17) is 5.26 Å². The number of aliphatic hydroxyl groups excluding tert-OH is 1. The van der Waals surface area contributed by atoms with Crippen molar-refractivity contribution in [1.29, 1.82) is 5.26 Å². The maximum absolute atomic E-state index is 9.91. The minimum absolute atomic E-state index is 0.425. The fourth-order valence-corrected chi connectivity index (χ4v) is 1.82. The molecule has 0 radical (unpaired) electrons. The van der Waals surface area contributed by atoms with Crippen molar-refractivity contribution in [1.82, 2.24) is 0 Å². The molecule has 1 aromatic carbocycles. The molecule has 1 rings (SSSR count). The lowest BCUT2D eigenvalue weighted by Gasteiger charge is -2.18. The maximum Gasteiger partial charge on any atom is 0.0971 e. The lowest BCUT2D eigenvalue weighted by molar-refractivity contribution is 0.150. The zero-order chi connectivity index (χ0) is 12.8. The van der Waals surface area contributed by atoms with Gasteiger partial charge in [-0.15, -0.1) is 0 Å². The van der Waals surface area contributed by atoms with Crippen LogP contribution in [0.1, 0.15) is 31.2 Å². The number of hydrogen-bond donors (Lipinski definition) is 1. The first kappa shape index (κ1) is 13.5. The van der Waals surface area contributed by atoms with Gasteiger partial charge in [0.2, 0.25) is 0 Å². The molecule has 3 nitrogen and oxygen atoms in total. The van der Waals surface area contributed by atoms with Crippen molar-refractivity contribution < 1.29 is 5.11 Å². The molecule has 3 heteroatoms. The summed E-state index contributed by atoms with van der Waals surface area (Å²) in [7, 11) is 3.95. The molecule has 0 heterocycles. The minimum atomic E-state index is -0.574. The molecule has 2 unspecified atom stereocenters. The van der Waals surface area contributed by atoms with Crippen LogP contribution in [0.25, 0.3) is 0 Å². The Bertz CT molecular complexity index is 378. The molecule has 2 atom stereocenters. The van der Waals surface area contributed by atoms with Gasteiger partial charge in [0.25, 0.3) is 0 Å². The molecule has 1 aromatic rings. The van der Waals surface area contributed by atoms with E-state index in [1.54, 1.807) is 0 Å². The first-order chi connectivity index (χ1) is 8.10. The van der Waals surface area contributed by atoms with E-state index in [9.17, 15) is 5.11 Å². The summed E-state index contributed by atoms with van der Waals surface area (Å²) >= 11 is 0. The van der Waals surface area contributed by atoms with Gasteiger partial charge in [-0.2, -0.15) is 5.26 Å². The summed E-state index contributed by atoms with van der Waals surface area (Å²) in [6, 6.07) is 9.97. The van der Waals surface area contributed by atoms with Crippen molar-refractivity contribution in [2.45, 2.75) is 31.8 Å². The highest BCUT2D eigenvalue weighted by Gasteiger charge is 2.19. The standard InChI is InChI=1S/C14H20N2O/c1-4-5-14(17)13(10-15)11-6-8-12(9-7-11)16(2)3/h6-9,13-14,17H,4-5H2,1-3H3. The van der Waals surface area contributed by atoms with Gasteiger partial charge in [0, 0.05) is 19.8 Å². The molecule has 0 aliphatic heterocycles. The first-order valence-electron chi connectivity index (χ1n) is 5.95. The van der Waals surface area contributed by atoms with Crippen molar-refractivity contribution >= 4 is 5.69 Å². The Balaban J connectivity index is 2.87. The van der Waals surface area contributed by atoms with Gasteiger partial charge in [0.15, 0.2) is 0 Å². The quantitative estimate of drug-likeness (QED) is 0.848. The normalized spacial score (nSPS) is 13.8. The summed E-state index contributed by atoms with van der Waals surface area (Å²) in [6.07, 6.45) is 0.971. The Hall–Kier alpha value is -1.53. The van der Waals surface area contributed by atoms with E-state index in [1.807, 2.05) is 50.2 Å². The number of nitriles is 1. The maximum atomic E-state index is 9.91. The van der Waals surface area contributed by atoms with Crippen LogP contribution < -0.4 is 4.90 Å². The van der Waals surface area contributed by atoms with Crippen LogP contribution in [-0.2, 0) is 0 Å². The molecule has 0 saturated heterocycles. The van der Waals surface area contributed by atoms with Gasteiger partial charge in [0.05, 0.1) is 18.1 Å². The predicted octanol–water partition coefficient (Wildman–Crippen LogP) is 2.52. The fourth-order valence-electron chi connectivity index (χ4n) is 1.82. The van der Waals surface area contributed by atoms with Gasteiger partial charge in [-0.25, -0.2) is 0 Å². The molecule has 0 aliphatic carbocycles. The molecule has 0 bridgehead atoms. The van der Waals surface area contributed by atoms with Gasteiger partial charge < -0.3 is 10.0 Å². The van der Waals surface area contributed by atoms with Gasteiger partial charge in [-0.1, -0.05) is 25.5 Å². The van der Waals surface area contributed by atoms with Crippen LogP contribution in [0.5, 0.6) is 0 Å². The first-order valence-corrected chi connectivity index (χ1v) is 5.95. The third-order valence-corrected chi connectivity index (χ3v) is 2.88. The van der Waals surface area contributed by atoms with Crippen molar-refractivity contribution in [2.24, 2.45) is 0 Å². The molecule has 0 saturated carbocycles. The largest absolute Gasteiger partial charge is 0.391 e. The average molecular weight is 232 g/mol. The molecule has 0 aromatic heterocycles. The van der Waals surface area contributed by atoms with Crippen LogP contribution in [0.3, 0.4) is 0 Å². The number of hydrogen-bond acceptors (Lipinski definition) is 3. The van der Waals surface area contributed by atoms with Crippen LogP contribution in [0, 0.1) is 11.3 Å². The molecular weight excluding hydrogens is 212 g/mol. The van der Waals surface area contributed by atoms with Gasteiger partial charge >= 0.3 is 0 Å². The second-order valence-corrected chi connectivity index (χ2v) is 4.45.